The number of halogens is 2. The minimum Gasteiger partial charge on any atom is -0.467 e. The van der Waals surface area contributed by atoms with Crippen molar-refractivity contribution in [1.29, 1.82) is 0 Å². The number of ether oxygens (including phenoxy) is 1. The van der Waals surface area contributed by atoms with E-state index >= 15 is 4.39 Å². The number of thiazole rings is 1. The molecule has 0 spiro atoms. The molecular formula is C23H23F2N7O2S. The SMILES string of the molecule is COc1nc(NC2CCNCC2)c2c(=O)n(C3CC3)c(-c3ccc(F)c4sc(N)nc34)c(F)c2n1. The lowest BCUT2D eigenvalue weighted by Gasteiger charge is -2.25. The first-order chi connectivity index (χ1) is 17.0. The van der Waals surface area contributed by atoms with Crippen molar-refractivity contribution < 1.29 is 13.5 Å². The lowest BCUT2D eigenvalue weighted by molar-refractivity contribution is 0.381. The molecule has 1 saturated heterocycles. The van der Waals surface area contributed by atoms with Crippen LogP contribution < -0.4 is 26.7 Å². The molecule has 0 atom stereocenters. The molecule has 0 unspecified atom stereocenters. The Morgan fingerprint density at radius 2 is 1.91 bits per heavy atom. The van der Waals surface area contributed by atoms with Crippen LogP contribution in [-0.2, 0) is 0 Å². The fraction of sp³-hybridized carbons (Fsp3) is 0.391. The topological polar surface area (TPSA) is 120 Å². The van der Waals surface area contributed by atoms with Crippen molar-refractivity contribution in [2.24, 2.45) is 0 Å². The summed E-state index contributed by atoms with van der Waals surface area (Å²) in [6.45, 7) is 1.67. The standard InChI is InChI=1S/C23H23F2N7O2S/c1-34-23-30-17-14(20(31-23)28-10-6-8-27-9-7-10)21(33)32(11-2-3-11)18(15(17)25)12-4-5-13(24)19-16(12)29-22(26)35-19/h4-5,10-11,27H,2-3,6-9H2,1H3,(H2,26,29)(H,28,30,31). The van der Waals surface area contributed by atoms with Crippen LogP contribution in [-0.4, -0.2) is 45.8 Å². The highest BCUT2D eigenvalue weighted by atomic mass is 32.1. The smallest absolute Gasteiger partial charge is 0.318 e. The van der Waals surface area contributed by atoms with Gasteiger partial charge in [-0.25, -0.2) is 13.8 Å². The van der Waals surface area contributed by atoms with E-state index in [-0.39, 0.29) is 55.9 Å². The Hall–Kier alpha value is -3.38. The van der Waals surface area contributed by atoms with Crippen LogP contribution in [0.3, 0.4) is 0 Å². The molecule has 4 aromatic rings. The number of fused-ring (bicyclic) bond motifs is 2. The van der Waals surface area contributed by atoms with E-state index in [2.05, 4.69) is 25.6 Å². The van der Waals surface area contributed by atoms with Gasteiger partial charge in [0.2, 0.25) is 0 Å². The van der Waals surface area contributed by atoms with Gasteiger partial charge in [0, 0.05) is 17.6 Å². The largest absolute Gasteiger partial charge is 0.467 e. The molecular weight excluding hydrogens is 476 g/mol. The van der Waals surface area contributed by atoms with Crippen LogP contribution in [0.15, 0.2) is 16.9 Å². The molecule has 9 nitrogen and oxygen atoms in total. The predicted molar refractivity (Wildman–Crippen MR) is 131 cm³/mol. The third kappa shape index (κ3) is 3.67. The number of nitrogens with one attached hydrogen (secondary N) is 2. The van der Waals surface area contributed by atoms with Gasteiger partial charge in [0.05, 0.1) is 23.0 Å². The quantitative estimate of drug-likeness (QED) is 0.382. The number of hydrogen-bond acceptors (Lipinski definition) is 9. The second-order valence-electron chi connectivity index (χ2n) is 8.84. The number of rotatable bonds is 5. The van der Waals surface area contributed by atoms with Crippen molar-refractivity contribution in [2.45, 2.75) is 37.8 Å². The van der Waals surface area contributed by atoms with Crippen LogP contribution in [0.5, 0.6) is 6.01 Å². The Bertz CT molecular complexity index is 1530. The van der Waals surface area contributed by atoms with Gasteiger partial charge >= 0.3 is 6.01 Å². The van der Waals surface area contributed by atoms with Gasteiger partial charge in [-0.1, -0.05) is 11.3 Å². The van der Waals surface area contributed by atoms with Crippen LogP contribution in [0.25, 0.3) is 32.4 Å². The fourth-order valence-corrected chi connectivity index (χ4v) is 5.47. The van der Waals surface area contributed by atoms with Crippen LogP contribution in [0, 0.1) is 11.6 Å². The molecule has 182 valence electrons. The van der Waals surface area contributed by atoms with Gasteiger partial charge < -0.3 is 25.7 Å². The molecule has 3 aromatic heterocycles. The molecule has 1 saturated carbocycles. The number of anilines is 2. The first kappa shape index (κ1) is 22.1. The molecule has 35 heavy (non-hydrogen) atoms. The van der Waals surface area contributed by atoms with Crippen molar-refractivity contribution in [3.05, 3.63) is 34.1 Å². The Balaban J connectivity index is 1.65. The van der Waals surface area contributed by atoms with Gasteiger partial charge in [-0.2, -0.15) is 9.97 Å². The van der Waals surface area contributed by atoms with E-state index in [1.165, 1.54) is 23.8 Å². The van der Waals surface area contributed by atoms with E-state index in [1.54, 1.807) is 0 Å². The zero-order valence-corrected chi connectivity index (χ0v) is 19.7. The Morgan fingerprint density at radius 1 is 1.14 bits per heavy atom. The van der Waals surface area contributed by atoms with Crippen molar-refractivity contribution in [2.75, 3.05) is 31.2 Å². The van der Waals surface area contributed by atoms with Crippen LogP contribution in [0.2, 0.25) is 0 Å². The molecule has 2 fully saturated rings. The van der Waals surface area contributed by atoms with Gasteiger partial charge in [0.25, 0.3) is 5.56 Å². The third-order valence-electron chi connectivity index (χ3n) is 6.52. The van der Waals surface area contributed by atoms with Gasteiger partial charge in [-0.15, -0.1) is 0 Å². The van der Waals surface area contributed by atoms with Crippen LogP contribution in [0.1, 0.15) is 31.7 Å². The summed E-state index contributed by atoms with van der Waals surface area (Å²) < 4.78 is 37.8. The number of methoxy groups -OCH3 is 1. The average Bonchev–Trinajstić information content (AvgIpc) is 3.61. The van der Waals surface area contributed by atoms with E-state index in [0.717, 1.165) is 50.1 Å². The van der Waals surface area contributed by atoms with Crippen molar-refractivity contribution in [3.8, 4) is 17.3 Å². The molecule has 0 bridgehead atoms. The number of nitrogen functional groups attached to an aromatic ring is 1. The van der Waals surface area contributed by atoms with E-state index in [0.29, 0.717) is 5.56 Å². The van der Waals surface area contributed by atoms with Crippen LogP contribution >= 0.6 is 11.3 Å². The molecule has 12 heteroatoms. The third-order valence-corrected chi connectivity index (χ3v) is 7.41. The number of benzene rings is 1. The van der Waals surface area contributed by atoms with Crippen molar-refractivity contribution in [3.63, 3.8) is 0 Å². The molecule has 4 N–H and O–H groups in total. The zero-order chi connectivity index (χ0) is 24.3. The average molecular weight is 500 g/mol. The Labute approximate surface area is 202 Å². The lowest BCUT2D eigenvalue weighted by Crippen LogP contribution is -2.36. The van der Waals surface area contributed by atoms with Gasteiger partial charge in [-0.05, 0) is 50.9 Å². The molecule has 1 aromatic carbocycles. The van der Waals surface area contributed by atoms with E-state index in [9.17, 15) is 9.18 Å². The summed E-state index contributed by atoms with van der Waals surface area (Å²) >= 11 is 0.980. The van der Waals surface area contributed by atoms with E-state index in [4.69, 9.17) is 10.5 Å². The minimum atomic E-state index is -0.708. The summed E-state index contributed by atoms with van der Waals surface area (Å²) in [5, 5.41) is 6.86. The van der Waals surface area contributed by atoms with Crippen molar-refractivity contribution in [1.82, 2.24) is 24.8 Å². The minimum absolute atomic E-state index is 0.0221. The summed E-state index contributed by atoms with van der Waals surface area (Å²) in [7, 11) is 1.39. The predicted octanol–water partition coefficient (Wildman–Crippen LogP) is 3.44. The number of piperidine rings is 1. The number of pyridine rings is 1. The number of nitrogens with zero attached hydrogens (tertiary/aromatic N) is 4. The molecule has 6 rings (SSSR count). The van der Waals surface area contributed by atoms with Gasteiger partial charge in [0.15, 0.2) is 10.9 Å². The highest BCUT2D eigenvalue weighted by Gasteiger charge is 2.34. The molecule has 1 aliphatic heterocycles. The van der Waals surface area contributed by atoms with Crippen molar-refractivity contribution >= 4 is 43.4 Å². The summed E-state index contributed by atoms with van der Waals surface area (Å²) in [5.41, 5.74) is 5.83. The molecule has 0 radical (unpaired) electrons. The molecule has 1 aliphatic carbocycles. The summed E-state index contributed by atoms with van der Waals surface area (Å²) in [4.78, 5) is 26.8. The second kappa shape index (κ2) is 8.38. The Morgan fingerprint density at radius 3 is 2.63 bits per heavy atom. The summed E-state index contributed by atoms with van der Waals surface area (Å²) in [6, 6.07) is 2.52. The lowest BCUT2D eigenvalue weighted by atomic mass is 10.1. The fourth-order valence-electron chi connectivity index (χ4n) is 4.71. The highest BCUT2D eigenvalue weighted by molar-refractivity contribution is 7.22. The maximum atomic E-state index is 16.4. The molecule has 2 aliphatic rings. The van der Waals surface area contributed by atoms with Crippen LogP contribution in [0.4, 0.5) is 19.7 Å². The first-order valence-corrected chi connectivity index (χ1v) is 12.3. The normalized spacial score (nSPS) is 16.8. The molecule has 4 heterocycles. The zero-order valence-electron chi connectivity index (χ0n) is 18.9. The van der Waals surface area contributed by atoms with Gasteiger partial charge in [-0.3, -0.25) is 4.79 Å². The van der Waals surface area contributed by atoms with E-state index in [1.807, 2.05) is 0 Å². The van der Waals surface area contributed by atoms with Gasteiger partial charge in [0.1, 0.15) is 22.5 Å². The number of hydrogen-bond donors (Lipinski definition) is 3. The number of aromatic nitrogens is 4. The number of nitrogens with two attached hydrogens (primary N) is 1. The molecule has 0 amide bonds. The Kier molecular flexibility index (Phi) is 5.29. The summed E-state index contributed by atoms with van der Waals surface area (Å²) in [5.74, 6) is -0.956. The summed E-state index contributed by atoms with van der Waals surface area (Å²) in [6.07, 6.45) is 3.14. The highest BCUT2D eigenvalue weighted by Crippen LogP contribution is 2.42. The monoisotopic (exact) mass is 499 g/mol. The second-order valence-corrected chi connectivity index (χ2v) is 9.88. The maximum absolute atomic E-state index is 16.4. The maximum Gasteiger partial charge on any atom is 0.318 e. The first-order valence-electron chi connectivity index (χ1n) is 11.5. The van der Waals surface area contributed by atoms with E-state index < -0.39 is 17.2 Å².